The van der Waals surface area contributed by atoms with E-state index in [-0.39, 0.29) is 0 Å². The second kappa shape index (κ2) is 2.17. The van der Waals surface area contributed by atoms with Crippen molar-refractivity contribution in [2.24, 2.45) is 5.92 Å². The van der Waals surface area contributed by atoms with Crippen LogP contribution in [0.4, 0.5) is 0 Å². The highest BCUT2D eigenvalue weighted by Crippen LogP contribution is 2.39. The lowest BCUT2D eigenvalue weighted by Crippen LogP contribution is -2.10. The van der Waals surface area contributed by atoms with E-state index in [1.807, 2.05) is 0 Å². The molecule has 1 atom stereocenters. The Balaban J connectivity index is 2.03. The average molecular weight is 121 g/mol. The minimum Gasteiger partial charge on any atom is -0.0876 e. The minimum absolute atomic E-state index is 0.902. The molecule has 0 N–H and O–H groups in total. The van der Waals surface area contributed by atoms with Crippen LogP contribution in [0, 0.1) is 11.8 Å². The number of hydrogen-bond acceptors (Lipinski definition) is 0. The molecule has 2 aliphatic rings. The Kier molecular flexibility index (Phi) is 1.33. The maximum absolute atomic E-state index is 2.40. The van der Waals surface area contributed by atoms with Gasteiger partial charge in [-0.25, -0.2) is 0 Å². The van der Waals surface area contributed by atoms with Crippen LogP contribution in [0.5, 0.6) is 0 Å². The first kappa shape index (κ1) is 5.52. The predicted octanol–water partition coefficient (Wildman–Crippen LogP) is 2.71. The van der Waals surface area contributed by atoms with Crippen molar-refractivity contribution in [3.05, 3.63) is 18.1 Å². The largest absolute Gasteiger partial charge is 0.0876 e. The number of rotatable bonds is 0. The molecule has 0 aromatic rings. The summed E-state index contributed by atoms with van der Waals surface area (Å²) in [7, 11) is 0. The van der Waals surface area contributed by atoms with Crippen molar-refractivity contribution in [3.8, 4) is 0 Å². The van der Waals surface area contributed by atoms with Gasteiger partial charge in [0.15, 0.2) is 0 Å². The van der Waals surface area contributed by atoms with Gasteiger partial charge >= 0.3 is 0 Å². The van der Waals surface area contributed by atoms with Crippen LogP contribution in [0.25, 0.3) is 0 Å². The van der Waals surface area contributed by atoms with E-state index in [0.717, 1.165) is 5.92 Å². The lowest BCUT2D eigenvalue weighted by Gasteiger charge is -2.23. The third kappa shape index (κ3) is 0.910. The van der Waals surface area contributed by atoms with Crippen LogP contribution >= 0.6 is 0 Å². The molecule has 0 saturated heterocycles. The zero-order chi connectivity index (χ0) is 6.10. The van der Waals surface area contributed by atoms with Gasteiger partial charge < -0.3 is 0 Å². The molecule has 2 aliphatic carbocycles. The highest BCUT2D eigenvalue weighted by molar-refractivity contribution is 5.17. The Hall–Kier alpha value is -0.260. The van der Waals surface area contributed by atoms with Gasteiger partial charge in [0.2, 0.25) is 0 Å². The van der Waals surface area contributed by atoms with Crippen molar-refractivity contribution < 1.29 is 0 Å². The lowest BCUT2D eigenvalue weighted by atomic mass is 9.82. The Morgan fingerprint density at radius 2 is 2.33 bits per heavy atom. The Bertz CT molecular complexity index is 124. The molecule has 0 bridgehead atoms. The number of fused-ring (bicyclic) bond motifs is 1. The first-order valence-corrected chi connectivity index (χ1v) is 3.98. The van der Waals surface area contributed by atoms with Gasteiger partial charge in [0.1, 0.15) is 0 Å². The van der Waals surface area contributed by atoms with Crippen LogP contribution in [-0.2, 0) is 0 Å². The van der Waals surface area contributed by atoms with E-state index in [9.17, 15) is 0 Å². The van der Waals surface area contributed by atoms with Gasteiger partial charge in [0, 0.05) is 0 Å². The minimum atomic E-state index is 0.902. The highest BCUT2D eigenvalue weighted by atomic mass is 14.3. The fourth-order valence-electron chi connectivity index (χ4n) is 1.98. The molecule has 1 fully saturated rings. The van der Waals surface area contributed by atoms with E-state index in [1.165, 1.54) is 32.1 Å². The maximum Gasteiger partial charge on any atom is -0.0135 e. The van der Waals surface area contributed by atoms with Crippen molar-refractivity contribution >= 4 is 0 Å². The lowest BCUT2D eigenvalue weighted by molar-refractivity contribution is 0.460. The predicted molar refractivity (Wildman–Crippen MR) is 39.0 cm³/mol. The first-order valence-electron chi connectivity index (χ1n) is 3.98. The highest BCUT2D eigenvalue weighted by Gasteiger charge is 2.25. The Labute approximate surface area is 57.0 Å². The molecule has 0 nitrogen and oxygen atoms in total. The van der Waals surface area contributed by atoms with Crippen molar-refractivity contribution in [3.63, 3.8) is 0 Å². The van der Waals surface area contributed by atoms with Gasteiger partial charge in [-0.2, -0.15) is 0 Å². The summed E-state index contributed by atoms with van der Waals surface area (Å²) in [6.45, 7) is 0. The first-order chi connectivity index (χ1) is 4.47. The summed E-state index contributed by atoms with van der Waals surface area (Å²) in [5.74, 6) is 2.71. The Morgan fingerprint density at radius 1 is 1.33 bits per heavy atom. The topological polar surface area (TPSA) is 0 Å². The smallest absolute Gasteiger partial charge is 0.0135 e. The van der Waals surface area contributed by atoms with Crippen LogP contribution in [0.15, 0.2) is 12.2 Å². The summed E-state index contributed by atoms with van der Waals surface area (Å²) in [4.78, 5) is 0. The van der Waals surface area contributed by atoms with E-state index >= 15 is 0 Å². The average Bonchev–Trinajstić information content (AvgIpc) is 2.33. The molecule has 1 radical (unpaired) electrons. The normalized spacial score (nSPS) is 34.9. The second-order valence-corrected chi connectivity index (χ2v) is 3.14. The molecule has 1 saturated carbocycles. The fourth-order valence-corrected chi connectivity index (χ4v) is 1.98. The molecular formula is C9H13. The summed E-state index contributed by atoms with van der Waals surface area (Å²) >= 11 is 0. The third-order valence-corrected chi connectivity index (χ3v) is 2.54. The molecule has 2 rings (SSSR count). The van der Waals surface area contributed by atoms with Gasteiger partial charge in [0.25, 0.3) is 0 Å². The van der Waals surface area contributed by atoms with Gasteiger partial charge in [0.05, 0.1) is 0 Å². The van der Waals surface area contributed by atoms with Gasteiger partial charge in [-0.15, -0.1) is 0 Å². The van der Waals surface area contributed by atoms with Crippen molar-refractivity contribution in [2.45, 2.75) is 32.1 Å². The zero-order valence-electron chi connectivity index (χ0n) is 5.77. The summed E-state index contributed by atoms with van der Waals surface area (Å²) in [6.07, 6.45) is 11.8. The maximum atomic E-state index is 2.40. The third-order valence-electron chi connectivity index (χ3n) is 2.54. The SMILES string of the molecule is C1=CC2CCCC[C]2C1. The summed E-state index contributed by atoms with van der Waals surface area (Å²) < 4.78 is 0. The van der Waals surface area contributed by atoms with Crippen LogP contribution in [-0.4, -0.2) is 0 Å². The van der Waals surface area contributed by atoms with E-state index in [2.05, 4.69) is 12.2 Å². The monoisotopic (exact) mass is 121 g/mol. The van der Waals surface area contributed by atoms with Crippen LogP contribution in [0.1, 0.15) is 32.1 Å². The molecule has 0 heteroatoms. The summed E-state index contributed by atoms with van der Waals surface area (Å²) in [5.41, 5.74) is 0. The van der Waals surface area contributed by atoms with E-state index in [0.29, 0.717) is 0 Å². The quantitative estimate of drug-likeness (QED) is 0.432. The van der Waals surface area contributed by atoms with Crippen LogP contribution < -0.4 is 0 Å². The van der Waals surface area contributed by atoms with E-state index in [1.54, 1.807) is 5.92 Å². The van der Waals surface area contributed by atoms with E-state index in [4.69, 9.17) is 0 Å². The molecule has 0 amide bonds. The van der Waals surface area contributed by atoms with Gasteiger partial charge in [-0.05, 0) is 31.1 Å². The molecular weight excluding hydrogens is 108 g/mol. The van der Waals surface area contributed by atoms with Gasteiger partial charge in [-0.1, -0.05) is 25.0 Å². The molecule has 0 aliphatic heterocycles. The van der Waals surface area contributed by atoms with Crippen molar-refractivity contribution in [1.29, 1.82) is 0 Å². The van der Waals surface area contributed by atoms with Crippen LogP contribution in [0.3, 0.4) is 0 Å². The Morgan fingerprint density at radius 3 is 3.22 bits per heavy atom. The number of allylic oxidation sites excluding steroid dienone is 2. The summed E-state index contributed by atoms with van der Waals surface area (Å²) in [6, 6.07) is 0. The molecule has 49 valence electrons. The summed E-state index contributed by atoms with van der Waals surface area (Å²) in [5, 5.41) is 0. The number of hydrogen-bond donors (Lipinski definition) is 0. The fraction of sp³-hybridized carbons (Fsp3) is 0.667. The van der Waals surface area contributed by atoms with E-state index < -0.39 is 0 Å². The second-order valence-electron chi connectivity index (χ2n) is 3.14. The molecule has 9 heavy (non-hydrogen) atoms. The van der Waals surface area contributed by atoms with Gasteiger partial charge in [-0.3, -0.25) is 0 Å². The van der Waals surface area contributed by atoms with Crippen LogP contribution in [0.2, 0.25) is 0 Å². The molecule has 1 unspecified atom stereocenters. The molecule has 0 aromatic heterocycles. The molecule has 0 spiro atoms. The molecule has 0 heterocycles. The molecule has 0 aromatic carbocycles. The van der Waals surface area contributed by atoms with Crippen molar-refractivity contribution in [2.75, 3.05) is 0 Å². The standard InChI is InChI=1S/C9H13/c1-2-5-9-7-3-6-8(9)4-1/h3,6,8H,1-2,4-5,7H2. The zero-order valence-corrected chi connectivity index (χ0v) is 5.77. The van der Waals surface area contributed by atoms with Crippen molar-refractivity contribution in [1.82, 2.24) is 0 Å².